The van der Waals surface area contributed by atoms with Crippen LogP contribution in [-0.4, -0.2) is 62.4 Å². The van der Waals surface area contributed by atoms with Crippen LogP contribution in [0.25, 0.3) is 0 Å². The van der Waals surface area contributed by atoms with E-state index in [0.29, 0.717) is 39.4 Å². The van der Waals surface area contributed by atoms with Crippen molar-refractivity contribution in [3.8, 4) is 0 Å². The molecular formula is C23H25Cl2N5O2. The molecule has 0 aromatic heterocycles. The number of amidine groups is 1. The summed E-state index contributed by atoms with van der Waals surface area (Å²) >= 11 is 12.7. The quantitative estimate of drug-likeness (QED) is 0.368. The van der Waals surface area contributed by atoms with Gasteiger partial charge in [0, 0.05) is 27.6 Å². The Bertz CT molecular complexity index is 1080. The number of hydrogen-bond donors (Lipinski definition) is 1. The summed E-state index contributed by atoms with van der Waals surface area (Å²) in [5.74, 6) is 0.0163. The number of aliphatic imine (C=N–C) groups is 2. The van der Waals surface area contributed by atoms with Crippen LogP contribution in [0.4, 0.5) is 5.69 Å². The Morgan fingerprint density at radius 1 is 1.19 bits per heavy atom. The largest absolute Gasteiger partial charge is 0.464 e. The number of esters is 1. The standard InChI is InChI=1S/C23H25Cl2N5O2/c1-30(2)12-6-9-20(23(31)32-3)28-29-21-14-26-22(16-7-4-5-8-18(16)25)17-13-15(24)10-11-19(17)27-21/h4-5,7-8,10-11,13H,6,9,12,14H2,1-3H3,(H,27,29)/b28-20+. The molecule has 0 aliphatic carbocycles. The van der Waals surface area contributed by atoms with Crippen molar-refractivity contribution in [3.05, 3.63) is 63.6 Å². The minimum absolute atomic E-state index is 0.225. The molecule has 9 heteroatoms. The number of fused-ring (bicyclic) bond motifs is 1. The maximum absolute atomic E-state index is 12.1. The second kappa shape index (κ2) is 11.2. The van der Waals surface area contributed by atoms with Gasteiger partial charge in [0.25, 0.3) is 0 Å². The summed E-state index contributed by atoms with van der Waals surface area (Å²) in [6.07, 6.45) is 1.25. The maximum Gasteiger partial charge on any atom is 0.354 e. The summed E-state index contributed by atoms with van der Waals surface area (Å²) in [6.45, 7) is 1.05. The van der Waals surface area contributed by atoms with Crippen molar-refractivity contribution in [1.29, 1.82) is 0 Å². The zero-order valence-corrected chi connectivity index (χ0v) is 19.7. The molecule has 7 nitrogen and oxygen atoms in total. The van der Waals surface area contributed by atoms with Gasteiger partial charge in [-0.15, -0.1) is 0 Å². The first-order chi connectivity index (χ1) is 15.4. The van der Waals surface area contributed by atoms with Crippen molar-refractivity contribution in [2.75, 3.05) is 34.3 Å². The molecule has 3 rings (SSSR count). The number of benzene rings is 2. The van der Waals surface area contributed by atoms with Gasteiger partial charge in [-0.2, -0.15) is 5.10 Å². The molecule has 168 valence electrons. The molecule has 0 unspecified atom stereocenters. The molecule has 0 spiro atoms. The zero-order chi connectivity index (χ0) is 23.1. The highest BCUT2D eigenvalue weighted by molar-refractivity contribution is 6.37. The molecule has 0 amide bonds. The Morgan fingerprint density at radius 2 is 1.97 bits per heavy atom. The Morgan fingerprint density at radius 3 is 2.69 bits per heavy atom. The van der Waals surface area contributed by atoms with Crippen molar-refractivity contribution >= 4 is 52.1 Å². The Kier molecular flexibility index (Phi) is 8.39. The van der Waals surface area contributed by atoms with Gasteiger partial charge in [-0.25, -0.2) is 9.79 Å². The SMILES string of the molecule is COC(=O)/C(CCCN(C)C)=N/NC1=Nc2ccc(Cl)cc2C(c2ccccc2Cl)=NC1. The van der Waals surface area contributed by atoms with Crippen molar-refractivity contribution in [2.45, 2.75) is 12.8 Å². The second-order valence-electron chi connectivity index (χ2n) is 7.43. The van der Waals surface area contributed by atoms with Gasteiger partial charge in [0.1, 0.15) is 11.5 Å². The van der Waals surface area contributed by atoms with Gasteiger partial charge in [-0.05, 0) is 51.3 Å². The van der Waals surface area contributed by atoms with E-state index in [1.807, 2.05) is 55.4 Å². The first kappa shape index (κ1) is 23.9. The highest BCUT2D eigenvalue weighted by atomic mass is 35.5. The lowest BCUT2D eigenvalue weighted by molar-refractivity contribution is -0.132. The minimum atomic E-state index is -0.474. The summed E-state index contributed by atoms with van der Waals surface area (Å²) in [6, 6.07) is 12.9. The fraction of sp³-hybridized carbons (Fsp3) is 0.304. The summed E-state index contributed by atoms with van der Waals surface area (Å²) in [7, 11) is 5.30. The van der Waals surface area contributed by atoms with Crippen LogP contribution in [0, 0.1) is 0 Å². The van der Waals surface area contributed by atoms with Gasteiger partial charge < -0.3 is 9.64 Å². The highest BCUT2D eigenvalue weighted by Gasteiger charge is 2.19. The zero-order valence-electron chi connectivity index (χ0n) is 18.2. The van der Waals surface area contributed by atoms with E-state index >= 15 is 0 Å². The van der Waals surface area contributed by atoms with E-state index in [-0.39, 0.29) is 6.54 Å². The van der Waals surface area contributed by atoms with Gasteiger partial charge >= 0.3 is 5.97 Å². The van der Waals surface area contributed by atoms with Crippen molar-refractivity contribution < 1.29 is 9.53 Å². The normalized spacial score (nSPS) is 13.8. The molecule has 1 heterocycles. The van der Waals surface area contributed by atoms with E-state index in [4.69, 9.17) is 32.9 Å². The molecule has 0 atom stereocenters. The van der Waals surface area contributed by atoms with Crippen LogP contribution in [0.2, 0.25) is 10.0 Å². The third kappa shape index (κ3) is 6.16. The van der Waals surface area contributed by atoms with Crippen molar-refractivity contribution in [3.63, 3.8) is 0 Å². The monoisotopic (exact) mass is 473 g/mol. The Hall–Kier alpha value is -2.74. The molecule has 0 fully saturated rings. The third-order valence-corrected chi connectivity index (χ3v) is 5.31. The fourth-order valence-electron chi connectivity index (χ4n) is 3.18. The van der Waals surface area contributed by atoms with Crippen LogP contribution >= 0.6 is 23.2 Å². The molecule has 0 bridgehead atoms. The molecular weight excluding hydrogens is 449 g/mol. The van der Waals surface area contributed by atoms with Gasteiger partial charge in [0.15, 0.2) is 0 Å². The first-order valence-electron chi connectivity index (χ1n) is 10.1. The second-order valence-corrected chi connectivity index (χ2v) is 8.28. The number of hydrazone groups is 1. The van der Waals surface area contributed by atoms with E-state index in [1.54, 1.807) is 6.07 Å². The van der Waals surface area contributed by atoms with E-state index in [1.165, 1.54) is 7.11 Å². The van der Waals surface area contributed by atoms with Crippen LogP contribution in [0.15, 0.2) is 57.6 Å². The van der Waals surface area contributed by atoms with Crippen molar-refractivity contribution in [2.24, 2.45) is 15.1 Å². The smallest absolute Gasteiger partial charge is 0.354 e. The topological polar surface area (TPSA) is 78.6 Å². The van der Waals surface area contributed by atoms with Gasteiger partial charge in [0.05, 0.1) is 25.1 Å². The molecule has 2 aromatic rings. The van der Waals surface area contributed by atoms with Gasteiger partial charge in [-0.1, -0.05) is 41.4 Å². The average molecular weight is 474 g/mol. The number of ether oxygens (including phenoxy) is 1. The molecule has 0 saturated heterocycles. The molecule has 32 heavy (non-hydrogen) atoms. The van der Waals surface area contributed by atoms with Gasteiger partial charge in [0.2, 0.25) is 0 Å². The summed E-state index contributed by atoms with van der Waals surface area (Å²) in [5.41, 5.74) is 6.13. The van der Waals surface area contributed by atoms with Crippen LogP contribution in [0.1, 0.15) is 24.0 Å². The predicted molar refractivity (Wildman–Crippen MR) is 131 cm³/mol. The van der Waals surface area contributed by atoms with E-state index in [0.717, 1.165) is 24.1 Å². The summed E-state index contributed by atoms with van der Waals surface area (Å²) in [5, 5.41) is 5.44. The highest BCUT2D eigenvalue weighted by Crippen LogP contribution is 2.30. The van der Waals surface area contributed by atoms with E-state index < -0.39 is 5.97 Å². The van der Waals surface area contributed by atoms with Crippen molar-refractivity contribution in [1.82, 2.24) is 10.3 Å². The van der Waals surface area contributed by atoms with Crippen LogP contribution in [0.3, 0.4) is 0 Å². The predicted octanol–water partition coefficient (Wildman–Crippen LogP) is 4.33. The number of carbonyl (C=O) groups excluding carboxylic acids is 1. The fourth-order valence-corrected chi connectivity index (χ4v) is 3.57. The number of rotatable bonds is 7. The number of carbonyl (C=O) groups is 1. The lowest BCUT2D eigenvalue weighted by atomic mass is 10.0. The number of nitrogens with zero attached hydrogens (tertiary/aromatic N) is 4. The summed E-state index contributed by atoms with van der Waals surface area (Å²) in [4.78, 5) is 23.6. The Balaban J connectivity index is 1.91. The minimum Gasteiger partial charge on any atom is -0.464 e. The van der Waals surface area contributed by atoms with Gasteiger partial charge in [-0.3, -0.25) is 10.4 Å². The van der Waals surface area contributed by atoms with E-state index in [9.17, 15) is 4.79 Å². The Labute approximate surface area is 197 Å². The molecule has 1 N–H and O–H groups in total. The number of hydrogen-bond acceptors (Lipinski definition) is 7. The molecule has 1 aliphatic rings. The maximum atomic E-state index is 12.1. The molecule has 1 aliphatic heterocycles. The first-order valence-corrected chi connectivity index (χ1v) is 10.9. The lowest BCUT2D eigenvalue weighted by Gasteiger charge is -2.10. The number of methoxy groups -OCH3 is 1. The average Bonchev–Trinajstić information content (AvgIpc) is 2.94. The molecule has 0 radical (unpaired) electrons. The summed E-state index contributed by atoms with van der Waals surface area (Å²) < 4.78 is 4.87. The number of nitrogens with one attached hydrogen (secondary N) is 1. The van der Waals surface area contributed by atoms with Crippen LogP contribution in [0.5, 0.6) is 0 Å². The lowest BCUT2D eigenvalue weighted by Crippen LogP contribution is -2.26. The molecule has 2 aromatic carbocycles. The van der Waals surface area contributed by atoms with Crippen LogP contribution in [-0.2, 0) is 9.53 Å². The van der Waals surface area contributed by atoms with E-state index in [2.05, 4.69) is 15.5 Å². The third-order valence-electron chi connectivity index (χ3n) is 4.74. The number of halogens is 2. The van der Waals surface area contributed by atoms with Crippen LogP contribution < -0.4 is 5.43 Å². The molecule has 0 saturated carbocycles.